The van der Waals surface area contributed by atoms with Crippen molar-refractivity contribution < 1.29 is 5.21 Å². The molecule has 1 fully saturated rings. The third kappa shape index (κ3) is 3.26. The second-order valence-electron chi connectivity index (χ2n) is 5.67. The molecule has 0 atom stereocenters. The van der Waals surface area contributed by atoms with E-state index >= 15 is 0 Å². The highest BCUT2D eigenvalue weighted by Crippen LogP contribution is 2.32. The Bertz CT molecular complexity index is 496. The average molecular weight is 340 g/mol. The van der Waals surface area contributed by atoms with Crippen LogP contribution in [0.15, 0.2) is 27.8 Å². The number of amidine groups is 1. The second kappa shape index (κ2) is 6.48. The molecule has 1 aromatic rings. The van der Waals surface area contributed by atoms with Gasteiger partial charge < -0.3 is 15.8 Å². The summed E-state index contributed by atoms with van der Waals surface area (Å²) in [6, 6.07) is 6.44. The highest BCUT2D eigenvalue weighted by molar-refractivity contribution is 9.10. The lowest BCUT2D eigenvalue weighted by Gasteiger charge is -2.36. The molecule has 0 bridgehead atoms. The van der Waals surface area contributed by atoms with Crippen molar-refractivity contribution in [2.75, 3.05) is 11.9 Å². The minimum Gasteiger partial charge on any atom is -0.409 e. The summed E-state index contributed by atoms with van der Waals surface area (Å²) in [5.74, 6) is 0.977. The lowest BCUT2D eigenvalue weighted by atomic mass is 9.86. The lowest BCUT2D eigenvalue weighted by molar-refractivity contribution is 0.318. The molecular formula is C15H22BrN3O. The summed E-state index contributed by atoms with van der Waals surface area (Å²) in [5, 5.41) is 12.1. The fourth-order valence-corrected chi connectivity index (χ4v) is 3.26. The SMILES string of the molecule is CC1CCC(N(C)c2ccc(Br)cc2/C(N)=N/O)CC1. The van der Waals surface area contributed by atoms with Crippen LogP contribution in [0.1, 0.15) is 38.2 Å². The minimum absolute atomic E-state index is 0.150. The van der Waals surface area contributed by atoms with E-state index in [1.807, 2.05) is 18.2 Å². The van der Waals surface area contributed by atoms with Gasteiger partial charge in [0.2, 0.25) is 0 Å². The van der Waals surface area contributed by atoms with Gasteiger partial charge in [-0.2, -0.15) is 0 Å². The monoisotopic (exact) mass is 339 g/mol. The first-order valence-corrected chi connectivity index (χ1v) is 7.82. The smallest absolute Gasteiger partial charge is 0.172 e. The quantitative estimate of drug-likeness (QED) is 0.383. The van der Waals surface area contributed by atoms with Gasteiger partial charge in [0.15, 0.2) is 5.84 Å². The molecule has 0 saturated heterocycles. The van der Waals surface area contributed by atoms with Gasteiger partial charge >= 0.3 is 0 Å². The van der Waals surface area contributed by atoms with Crippen molar-refractivity contribution >= 4 is 27.5 Å². The van der Waals surface area contributed by atoms with E-state index in [-0.39, 0.29) is 5.84 Å². The van der Waals surface area contributed by atoms with Gasteiger partial charge in [-0.3, -0.25) is 0 Å². The van der Waals surface area contributed by atoms with Crippen LogP contribution < -0.4 is 10.6 Å². The number of rotatable bonds is 3. The maximum absolute atomic E-state index is 8.96. The Morgan fingerprint density at radius 3 is 2.60 bits per heavy atom. The van der Waals surface area contributed by atoms with Gasteiger partial charge in [0.25, 0.3) is 0 Å². The number of nitrogens with zero attached hydrogens (tertiary/aromatic N) is 2. The van der Waals surface area contributed by atoms with Gasteiger partial charge in [-0.25, -0.2) is 0 Å². The van der Waals surface area contributed by atoms with Gasteiger partial charge in [-0.15, -0.1) is 0 Å². The van der Waals surface area contributed by atoms with Crippen molar-refractivity contribution in [2.45, 2.75) is 38.6 Å². The van der Waals surface area contributed by atoms with E-state index in [2.05, 4.69) is 40.0 Å². The fraction of sp³-hybridized carbons (Fsp3) is 0.533. The predicted octanol–water partition coefficient (Wildman–Crippen LogP) is 3.56. The van der Waals surface area contributed by atoms with Gasteiger partial charge in [-0.05, 0) is 49.8 Å². The zero-order chi connectivity index (χ0) is 14.7. The fourth-order valence-electron chi connectivity index (χ4n) is 2.90. The summed E-state index contributed by atoms with van der Waals surface area (Å²) in [7, 11) is 2.10. The number of hydrogen-bond donors (Lipinski definition) is 2. The molecule has 0 unspecified atom stereocenters. The summed E-state index contributed by atoms with van der Waals surface area (Å²) in [6.45, 7) is 2.32. The number of oxime groups is 1. The predicted molar refractivity (Wildman–Crippen MR) is 86.5 cm³/mol. The Labute approximate surface area is 128 Å². The molecule has 1 aliphatic carbocycles. The topological polar surface area (TPSA) is 61.8 Å². The molecule has 0 aliphatic heterocycles. The zero-order valence-corrected chi connectivity index (χ0v) is 13.6. The molecule has 110 valence electrons. The molecule has 2 rings (SSSR count). The van der Waals surface area contributed by atoms with E-state index in [0.717, 1.165) is 21.6 Å². The lowest BCUT2D eigenvalue weighted by Crippen LogP contribution is -2.36. The van der Waals surface area contributed by atoms with E-state index in [4.69, 9.17) is 10.9 Å². The molecule has 0 radical (unpaired) electrons. The highest BCUT2D eigenvalue weighted by Gasteiger charge is 2.24. The molecule has 0 heterocycles. The Hall–Kier alpha value is -1.23. The van der Waals surface area contributed by atoms with Crippen molar-refractivity contribution in [1.82, 2.24) is 0 Å². The molecule has 1 aromatic carbocycles. The molecule has 1 aliphatic rings. The summed E-state index contributed by atoms with van der Waals surface area (Å²) in [5.41, 5.74) is 7.59. The molecule has 20 heavy (non-hydrogen) atoms. The third-order valence-corrected chi connectivity index (χ3v) is 4.75. The Morgan fingerprint density at radius 1 is 1.35 bits per heavy atom. The maximum atomic E-state index is 8.96. The van der Waals surface area contributed by atoms with Crippen LogP contribution in [0.5, 0.6) is 0 Å². The molecule has 5 heteroatoms. The standard InChI is InChI=1S/C15H22BrN3O/c1-10-3-6-12(7-4-10)19(2)14-8-5-11(16)9-13(14)15(17)18-20/h5,8-10,12,20H,3-4,6-7H2,1-2H3,(H2,17,18). The number of hydrogen-bond acceptors (Lipinski definition) is 3. The summed E-state index contributed by atoms with van der Waals surface area (Å²) < 4.78 is 0.925. The number of halogens is 1. The second-order valence-corrected chi connectivity index (χ2v) is 6.59. The first kappa shape index (κ1) is 15.2. The first-order chi connectivity index (χ1) is 9.52. The van der Waals surface area contributed by atoms with Crippen LogP contribution in [0, 0.1) is 5.92 Å². The van der Waals surface area contributed by atoms with Gasteiger partial charge in [0.1, 0.15) is 0 Å². The summed E-state index contributed by atoms with van der Waals surface area (Å²) in [4.78, 5) is 2.27. The van der Waals surface area contributed by atoms with Crippen LogP contribution in [0.25, 0.3) is 0 Å². The van der Waals surface area contributed by atoms with Gasteiger partial charge in [-0.1, -0.05) is 28.0 Å². The minimum atomic E-state index is 0.150. The Balaban J connectivity index is 2.27. The Kier molecular flexibility index (Phi) is 4.91. The van der Waals surface area contributed by atoms with Crippen LogP contribution in [0.4, 0.5) is 5.69 Å². The van der Waals surface area contributed by atoms with E-state index < -0.39 is 0 Å². The van der Waals surface area contributed by atoms with Gasteiger partial charge in [0.05, 0.1) is 0 Å². The number of anilines is 1. The molecule has 3 N–H and O–H groups in total. The molecular weight excluding hydrogens is 318 g/mol. The van der Waals surface area contributed by atoms with E-state index in [9.17, 15) is 0 Å². The summed E-state index contributed by atoms with van der Waals surface area (Å²) in [6.07, 6.45) is 4.93. The molecule has 4 nitrogen and oxygen atoms in total. The molecule has 0 aromatic heterocycles. The van der Waals surface area contributed by atoms with Crippen LogP contribution in [-0.4, -0.2) is 24.1 Å². The van der Waals surface area contributed by atoms with Crippen LogP contribution >= 0.6 is 15.9 Å². The molecule has 1 saturated carbocycles. The van der Waals surface area contributed by atoms with Crippen molar-refractivity contribution in [3.05, 3.63) is 28.2 Å². The average Bonchev–Trinajstić information content (AvgIpc) is 2.46. The largest absolute Gasteiger partial charge is 0.409 e. The summed E-state index contributed by atoms with van der Waals surface area (Å²) >= 11 is 3.44. The van der Waals surface area contributed by atoms with Crippen molar-refractivity contribution in [3.8, 4) is 0 Å². The highest BCUT2D eigenvalue weighted by atomic mass is 79.9. The van der Waals surface area contributed by atoms with Crippen molar-refractivity contribution in [2.24, 2.45) is 16.8 Å². The first-order valence-electron chi connectivity index (χ1n) is 7.03. The molecule has 0 amide bonds. The third-order valence-electron chi connectivity index (χ3n) is 4.26. The number of benzene rings is 1. The van der Waals surface area contributed by atoms with E-state index in [1.165, 1.54) is 25.7 Å². The van der Waals surface area contributed by atoms with Crippen LogP contribution in [0.2, 0.25) is 0 Å². The van der Waals surface area contributed by atoms with Crippen LogP contribution in [0.3, 0.4) is 0 Å². The van der Waals surface area contributed by atoms with Gasteiger partial charge in [0, 0.05) is 28.8 Å². The van der Waals surface area contributed by atoms with Crippen molar-refractivity contribution in [1.29, 1.82) is 0 Å². The zero-order valence-electron chi connectivity index (χ0n) is 12.0. The van der Waals surface area contributed by atoms with Crippen LogP contribution in [-0.2, 0) is 0 Å². The van der Waals surface area contributed by atoms with E-state index in [1.54, 1.807) is 0 Å². The van der Waals surface area contributed by atoms with Crippen molar-refractivity contribution in [3.63, 3.8) is 0 Å². The number of nitrogens with two attached hydrogens (primary N) is 1. The molecule has 0 spiro atoms. The Morgan fingerprint density at radius 2 is 2.00 bits per heavy atom. The maximum Gasteiger partial charge on any atom is 0.172 e. The van der Waals surface area contributed by atoms with E-state index in [0.29, 0.717) is 6.04 Å². The normalized spacial score (nSPS) is 23.6.